The van der Waals surface area contributed by atoms with E-state index in [9.17, 15) is 4.79 Å². The third-order valence-electron chi connectivity index (χ3n) is 3.46. The van der Waals surface area contributed by atoms with E-state index in [1.54, 1.807) is 17.5 Å². The number of thiophene rings is 1. The van der Waals surface area contributed by atoms with Gasteiger partial charge in [0.25, 0.3) is 5.56 Å². The quantitative estimate of drug-likeness (QED) is 0.774. The molecule has 3 heterocycles. The lowest BCUT2D eigenvalue weighted by atomic mass is 10.2. The molecule has 0 saturated carbocycles. The van der Waals surface area contributed by atoms with Gasteiger partial charge in [-0.05, 0) is 31.1 Å². The minimum atomic E-state index is -0.111. The molecule has 0 saturated heterocycles. The van der Waals surface area contributed by atoms with Crippen LogP contribution in [0, 0.1) is 6.92 Å². The first-order valence-corrected chi connectivity index (χ1v) is 7.77. The summed E-state index contributed by atoms with van der Waals surface area (Å²) < 4.78 is 0. The van der Waals surface area contributed by atoms with Crippen LogP contribution in [0.2, 0.25) is 0 Å². The second-order valence-corrected chi connectivity index (χ2v) is 6.29. The maximum Gasteiger partial charge on any atom is 0.257 e. The van der Waals surface area contributed by atoms with Gasteiger partial charge in [0.1, 0.15) is 11.3 Å². The molecule has 0 aromatic carbocycles. The molecule has 1 aromatic rings. The SMILES string of the molecule is C=c1nc2[nH]c(=O)c(=Cc3cc(C)c(CCC)s3)c-2c[nH]1. The van der Waals surface area contributed by atoms with Gasteiger partial charge in [-0.25, -0.2) is 4.98 Å². The highest BCUT2D eigenvalue weighted by molar-refractivity contribution is 7.13. The monoisotopic (exact) mass is 299 g/mol. The van der Waals surface area contributed by atoms with Gasteiger partial charge in [0, 0.05) is 21.5 Å². The van der Waals surface area contributed by atoms with Crippen LogP contribution in [0.3, 0.4) is 0 Å². The van der Waals surface area contributed by atoms with Gasteiger partial charge in [0.2, 0.25) is 0 Å². The number of aromatic amines is 2. The van der Waals surface area contributed by atoms with Crippen molar-refractivity contribution in [2.24, 2.45) is 0 Å². The second-order valence-electron chi connectivity index (χ2n) is 5.13. The van der Waals surface area contributed by atoms with E-state index in [2.05, 4.69) is 41.4 Å². The van der Waals surface area contributed by atoms with E-state index >= 15 is 0 Å². The van der Waals surface area contributed by atoms with Crippen LogP contribution in [-0.2, 0) is 6.42 Å². The van der Waals surface area contributed by atoms with Crippen molar-refractivity contribution < 1.29 is 0 Å². The Hall–Kier alpha value is -2.14. The largest absolute Gasteiger partial charge is 0.346 e. The van der Waals surface area contributed by atoms with Crippen molar-refractivity contribution >= 4 is 24.0 Å². The van der Waals surface area contributed by atoms with Crippen LogP contribution >= 0.6 is 11.3 Å². The number of aromatic nitrogens is 3. The maximum absolute atomic E-state index is 12.1. The highest BCUT2D eigenvalue weighted by Crippen LogP contribution is 2.24. The number of nitrogens with one attached hydrogen (secondary N) is 2. The Bertz CT molecular complexity index is 916. The van der Waals surface area contributed by atoms with E-state index in [1.165, 1.54) is 10.4 Å². The molecule has 4 nitrogen and oxygen atoms in total. The highest BCUT2D eigenvalue weighted by atomic mass is 32.1. The Kier molecular flexibility index (Phi) is 3.51. The molecule has 3 rings (SSSR count). The normalized spacial score (nSPS) is 12.4. The summed E-state index contributed by atoms with van der Waals surface area (Å²) in [5.74, 6) is 0.581. The van der Waals surface area contributed by atoms with Crippen LogP contribution in [0.1, 0.15) is 28.7 Å². The van der Waals surface area contributed by atoms with Crippen molar-refractivity contribution in [2.75, 3.05) is 0 Å². The molecule has 5 heteroatoms. The van der Waals surface area contributed by atoms with E-state index < -0.39 is 0 Å². The predicted molar refractivity (Wildman–Crippen MR) is 87.2 cm³/mol. The first-order chi connectivity index (χ1) is 10.1. The second kappa shape index (κ2) is 5.33. The number of rotatable bonds is 3. The third-order valence-corrected chi connectivity index (χ3v) is 4.70. The number of nitrogens with zero attached hydrogens (tertiary/aromatic N) is 1. The molecular formula is C16H17N3OS. The zero-order valence-electron chi connectivity index (χ0n) is 12.1. The van der Waals surface area contributed by atoms with Crippen molar-refractivity contribution in [1.29, 1.82) is 0 Å². The fraction of sp³-hybridized carbons (Fsp3) is 0.250. The van der Waals surface area contributed by atoms with Crippen LogP contribution in [-0.4, -0.2) is 15.0 Å². The number of hydrogen-bond acceptors (Lipinski definition) is 3. The van der Waals surface area contributed by atoms with Crippen molar-refractivity contribution in [3.8, 4) is 11.4 Å². The Labute approximate surface area is 126 Å². The molecule has 2 N–H and O–H groups in total. The Morgan fingerprint density at radius 1 is 1.48 bits per heavy atom. The van der Waals surface area contributed by atoms with Gasteiger partial charge in [0.05, 0.1) is 5.22 Å². The standard InChI is InChI=1S/C16H17N3OS/c1-4-5-14-9(2)6-11(21-14)7-12-13-8-17-10(3)18-15(13)19-16(12)20/h6-8,17H,3-5H2,1-2H3,(H,18,19,20). The van der Waals surface area contributed by atoms with Gasteiger partial charge < -0.3 is 9.97 Å². The Morgan fingerprint density at radius 3 is 3.05 bits per heavy atom. The lowest BCUT2D eigenvalue weighted by Crippen LogP contribution is -2.21. The minimum absolute atomic E-state index is 0.111. The molecule has 1 aromatic heterocycles. The number of fused-ring (bicyclic) bond motifs is 1. The number of aryl methyl sites for hydroxylation is 2. The van der Waals surface area contributed by atoms with Gasteiger partial charge in [-0.1, -0.05) is 19.9 Å². The van der Waals surface area contributed by atoms with Gasteiger partial charge in [-0.3, -0.25) is 4.79 Å². The molecule has 0 amide bonds. The first-order valence-electron chi connectivity index (χ1n) is 6.96. The summed E-state index contributed by atoms with van der Waals surface area (Å²) in [7, 11) is 0. The highest BCUT2D eigenvalue weighted by Gasteiger charge is 2.11. The average Bonchev–Trinajstić information content (AvgIpc) is 2.92. The van der Waals surface area contributed by atoms with E-state index in [4.69, 9.17) is 0 Å². The summed E-state index contributed by atoms with van der Waals surface area (Å²) in [6.07, 6.45) is 5.94. The summed E-state index contributed by atoms with van der Waals surface area (Å²) in [5.41, 5.74) is 2.52. The lowest BCUT2D eigenvalue weighted by Gasteiger charge is -1.95. The fourth-order valence-electron chi connectivity index (χ4n) is 2.43. The first kappa shape index (κ1) is 13.8. The van der Waals surface area contributed by atoms with Crippen LogP contribution in [0.4, 0.5) is 0 Å². The molecule has 0 bridgehead atoms. The number of hydrogen-bond donors (Lipinski definition) is 2. The summed E-state index contributed by atoms with van der Waals surface area (Å²) >= 11 is 1.75. The summed E-state index contributed by atoms with van der Waals surface area (Å²) in [6.45, 7) is 8.03. The Balaban J connectivity index is 2.16. The predicted octanol–water partition coefficient (Wildman–Crippen LogP) is 1.76. The van der Waals surface area contributed by atoms with Gasteiger partial charge in [0.15, 0.2) is 0 Å². The summed E-state index contributed by atoms with van der Waals surface area (Å²) in [6, 6.07) is 2.14. The molecule has 2 aliphatic heterocycles. The molecule has 108 valence electrons. The molecular weight excluding hydrogens is 282 g/mol. The van der Waals surface area contributed by atoms with E-state index in [-0.39, 0.29) is 5.56 Å². The molecule has 0 atom stereocenters. The maximum atomic E-state index is 12.1. The van der Waals surface area contributed by atoms with Crippen LogP contribution in [0.15, 0.2) is 17.1 Å². The van der Waals surface area contributed by atoms with E-state index in [0.29, 0.717) is 16.5 Å². The van der Waals surface area contributed by atoms with Gasteiger partial charge in [-0.2, -0.15) is 0 Å². The molecule has 2 aliphatic rings. The van der Waals surface area contributed by atoms with Crippen LogP contribution in [0.25, 0.3) is 24.0 Å². The van der Waals surface area contributed by atoms with Crippen molar-refractivity contribution in [1.82, 2.24) is 15.0 Å². The van der Waals surface area contributed by atoms with Crippen molar-refractivity contribution in [3.63, 3.8) is 0 Å². The molecule has 0 aliphatic carbocycles. The zero-order valence-corrected chi connectivity index (χ0v) is 12.9. The molecule has 0 spiro atoms. The van der Waals surface area contributed by atoms with Crippen LogP contribution in [0.5, 0.6) is 0 Å². The van der Waals surface area contributed by atoms with Crippen LogP contribution < -0.4 is 16.3 Å². The Morgan fingerprint density at radius 2 is 2.29 bits per heavy atom. The molecule has 0 radical (unpaired) electrons. The third kappa shape index (κ3) is 2.56. The fourth-order valence-corrected chi connectivity index (χ4v) is 3.65. The zero-order chi connectivity index (χ0) is 15.0. The van der Waals surface area contributed by atoms with Gasteiger partial charge in [-0.15, -0.1) is 11.3 Å². The number of H-pyrrole nitrogens is 2. The van der Waals surface area contributed by atoms with Gasteiger partial charge >= 0.3 is 0 Å². The minimum Gasteiger partial charge on any atom is -0.346 e. The van der Waals surface area contributed by atoms with Crippen molar-refractivity contribution in [2.45, 2.75) is 26.7 Å². The van der Waals surface area contributed by atoms with E-state index in [1.807, 2.05) is 6.08 Å². The topological polar surface area (TPSA) is 61.5 Å². The average molecular weight is 299 g/mol. The summed E-state index contributed by atoms with van der Waals surface area (Å²) in [5, 5.41) is 0.651. The lowest BCUT2D eigenvalue weighted by molar-refractivity contribution is 0.933. The molecule has 21 heavy (non-hydrogen) atoms. The van der Waals surface area contributed by atoms with Crippen molar-refractivity contribution in [3.05, 3.63) is 48.6 Å². The van der Waals surface area contributed by atoms with E-state index in [0.717, 1.165) is 23.3 Å². The smallest absolute Gasteiger partial charge is 0.257 e. The summed E-state index contributed by atoms with van der Waals surface area (Å²) in [4.78, 5) is 24.6. The molecule has 0 fully saturated rings. The molecule has 0 unspecified atom stereocenters.